The first-order valence-corrected chi connectivity index (χ1v) is 4.44. The predicted octanol–water partition coefficient (Wildman–Crippen LogP) is 0.630. The van der Waals surface area contributed by atoms with E-state index in [1.807, 2.05) is 0 Å². The van der Waals surface area contributed by atoms with Gasteiger partial charge in [-0.15, -0.1) is 0 Å². The second-order valence-corrected chi connectivity index (χ2v) is 3.07. The SMILES string of the molecule is COc1cccc2nc(C(=O)O)[nH]c(=O)c12. The van der Waals surface area contributed by atoms with Gasteiger partial charge in [-0.3, -0.25) is 4.79 Å². The van der Waals surface area contributed by atoms with Gasteiger partial charge in [-0.2, -0.15) is 0 Å². The van der Waals surface area contributed by atoms with E-state index >= 15 is 0 Å². The standard InChI is InChI=1S/C10H8N2O4/c1-16-6-4-2-3-5-7(6)9(13)12-8(11-5)10(14)15/h2-4H,1H3,(H,14,15)(H,11,12,13). The molecular weight excluding hydrogens is 212 g/mol. The number of hydrogen-bond donors (Lipinski definition) is 2. The Bertz CT molecular complexity index is 618. The number of aromatic amines is 1. The van der Waals surface area contributed by atoms with E-state index in [2.05, 4.69) is 9.97 Å². The summed E-state index contributed by atoms with van der Waals surface area (Å²) in [4.78, 5) is 28.3. The molecule has 0 saturated heterocycles. The fourth-order valence-corrected chi connectivity index (χ4v) is 1.43. The van der Waals surface area contributed by atoms with Crippen molar-refractivity contribution in [2.75, 3.05) is 7.11 Å². The van der Waals surface area contributed by atoms with Crippen LogP contribution < -0.4 is 10.3 Å². The van der Waals surface area contributed by atoms with Crippen LogP contribution in [0.3, 0.4) is 0 Å². The number of hydrogen-bond acceptors (Lipinski definition) is 4. The number of methoxy groups -OCH3 is 1. The zero-order valence-electron chi connectivity index (χ0n) is 8.35. The van der Waals surface area contributed by atoms with E-state index < -0.39 is 11.5 Å². The second kappa shape index (κ2) is 3.65. The van der Waals surface area contributed by atoms with E-state index in [9.17, 15) is 9.59 Å². The number of aromatic nitrogens is 2. The summed E-state index contributed by atoms with van der Waals surface area (Å²) in [6.07, 6.45) is 0. The number of carboxylic acids is 1. The zero-order chi connectivity index (χ0) is 11.7. The minimum absolute atomic E-state index is 0.245. The van der Waals surface area contributed by atoms with Gasteiger partial charge in [0.25, 0.3) is 5.56 Å². The van der Waals surface area contributed by atoms with E-state index in [1.54, 1.807) is 18.2 Å². The lowest BCUT2D eigenvalue weighted by atomic mass is 10.2. The van der Waals surface area contributed by atoms with Crippen molar-refractivity contribution in [1.82, 2.24) is 9.97 Å². The van der Waals surface area contributed by atoms with Gasteiger partial charge in [0.1, 0.15) is 11.1 Å². The number of nitrogens with zero attached hydrogens (tertiary/aromatic N) is 1. The van der Waals surface area contributed by atoms with Crippen LogP contribution >= 0.6 is 0 Å². The number of carbonyl (C=O) groups is 1. The van der Waals surface area contributed by atoms with Gasteiger partial charge in [0.2, 0.25) is 5.82 Å². The largest absolute Gasteiger partial charge is 0.496 e. The van der Waals surface area contributed by atoms with E-state index in [1.165, 1.54) is 7.11 Å². The number of carboxylic acid groups (broad SMARTS) is 1. The molecule has 16 heavy (non-hydrogen) atoms. The maximum Gasteiger partial charge on any atom is 0.372 e. The summed E-state index contributed by atoms with van der Waals surface area (Å²) in [7, 11) is 1.43. The molecule has 6 heteroatoms. The number of H-pyrrole nitrogens is 1. The molecule has 0 aliphatic rings. The molecule has 0 aliphatic carbocycles. The van der Waals surface area contributed by atoms with Gasteiger partial charge in [0, 0.05) is 0 Å². The molecule has 1 aromatic heterocycles. The summed E-state index contributed by atoms with van der Waals surface area (Å²) in [5, 5.41) is 8.98. The maximum absolute atomic E-state index is 11.6. The molecule has 0 saturated carbocycles. The number of ether oxygens (including phenoxy) is 1. The van der Waals surface area contributed by atoms with Crippen LogP contribution in [-0.2, 0) is 0 Å². The van der Waals surface area contributed by atoms with Gasteiger partial charge in [-0.1, -0.05) is 6.07 Å². The summed E-state index contributed by atoms with van der Waals surface area (Å²) < 4.78 is 5.00. The van der Waals surface area contributed by atoms with E-state index in [-0.39, 0.29) is 11.2 Å². The van der Waals surface area contributed by atoms with Crippen LogP contribution in [0.4, 0.5) is 0 Å². The Morgan fingerprint density at radius 3 is 2.88 bits per heavy atom. The van der Waals surface area contributed by atoms with Gasteiger partial charge in [0.15, 0.2) is 0 Å². The van der Waals surface area contributed by atoms with Gasteiger partial charge >= 0.3 is 5.97 Å². The molecule has 2 rings (SSSR count). The first-order chi connectivity index (χ1) is 7.63. The predicted molar refractivity (Wildman–Crippen MR) is 55.9 cm³/mol. The van der Waals surface area contributed by atoms with Crippen molar-refractivity contribution in [2.45, 2.75) is 0 Å². The molecular formula is C10H8N2O4. The lowest BCUT2D eigenvalue weighted by molar-refractivity contribution is 0.0683. The average Bonchev–Trinajstić information content (AvgIpc) is 2.27. The van der Waals surface area contributed by atoms with Crippen LogP contribution in [0.2, 0.25) is 0 Å². The summed E-state index contributed by atoms with van der Waals surface area (Å²) in [6, 6.07) is 4.80. The first kappa shape index (κ1) is 10.2. The van der Waals surface area contributed by atoms with Crippen LogP contribution in [0.15, 0.2) is 23.0 Å². The first-order valence-electron chi connectivity index (χ1n) is 4.44. The number of benzene rings is 1. The summed E-state index contributed by atoms with van der Waals surface area (Å²) >= 11 is 0. The second-order valence-electron chi connectivity index (χ2n) is 3.07. The van der Waals surface area contributed by atoms with Crippen LogP contribution in [0.1, 0.15) is 10.6 Å². The van der Waals surface area contributed by atoms with Gasteiger partial charge in [-0.05, 0) is 12.1 Å². The van der Waals surface area contributed by atoms with Crippen molar-refractivity contribution < 1.29 is 14.6 Å². The third-order valence-electron chi connectivity index (χ3n) is 2.12. The minimum Gasteiger partial charge on any atom is -0.496 e. The summed E-state index contributed by atoms with van der Waals surface area (Å²) in [5.41, 5.74) is -0.236. The highest BCUT2D eigenvalue weighted by Gasteiger charge is 2.12. The molecule has 1 heterocycles. The number of rotatable bonds is 2. The highest BCUT2D eigenvalue weighted by molar-refractivity contribution is 5.89. The van der Waals surface area contributed by atoms with Crippen LogP contribution in [-0.4, -0.2) is 28.2 Å². The Labute approximate surface area is 89.5 Å². The van der Waals surface area contributed by atoms with Crippen molar-refractivity contribution in [3.8, 4) is 5.75 Å². The van der Waals surface area contributed by atoms with E-state index in [0.717, 1.165) is 0 Å². The lowest BCUT2D eigenvalue weighted by Gasteiger charge is -2.03. The van der Waals surface area contributed by atoms with Crippen molar-refractivity contribution in [2.24, 2.45) is 0 Å². The Hall–Kier alpha value is -2.37. The Kier molecular flexibility index (Phi) is 2.32. The monoisotopic (exact) mass is 220 g/mol. The van der Waals surface area contributed by atoms with Gasteiger partial charge < -0.3 is 14.8 Å². The lowest BCUT2D eigenvalue weighted by Crippen LogP contribution is -2.16. The fraction of sp³-hybridized carbons (Fsp3) is 0.100. The highest BCUT2D eigenvalue weighted by Crippen LogP contribution is 2.19. The molecule has 82 valence electrons. The summed E-state index contributed by atoms with van der Waals surface area (Å²) in [6.45, 7) is 0. The number of nitrogens with one attached hydrogen (secondary N) is 1. The molecule has 2 aromatic rings. The Morgan fingerprint density at radius 1 is 1.50 bits per heavy atom. The molecule has 0 spiro atoms. The van der Waals surface area contributed by atoms with Crippen molar-refractivity contribution in [3.63, 3.8) is 0 Å². The molecule has 0 radical (unpaired) electrons. The Balaban J connectivity index is 2.86. The molecule has 0 atom stereocenters. The third kappa shape index (κ3) is 1.50. The Morgan fingerprint density at radius 2 is 2.25 bits per heavy atom. The zero-order valence-corrected chi connectivity index (χ0v) is 8.35. The topological polar surface area (TPSA) is 92.3 Å². The molecule has 0 fully saturated rings. The van der Waals surface area contributed by atoms with Crippen LogP contribution in [0, 0.1) is 0 Å². The molecule has 0 bridgehead atoms. The number of fused-ring (bicyclic) bond motifs is 1. The van der Waals surface area contributed by atoms with Crippen molar-refractivity contribution >= 4 is 16.9 Å². The molecule has 0 unspecified atom stereocenters. The quantitative estimate of drug-likeness (QED) is 0.774. The molecule has 0 aliphatic heterocycles. The molecule has 2 N–H and O–H groups in total. The van der Waals surface area contributed by atoms with Crippen LogP contribution in [0.25, 0.3) is 10.9 Å². The molecule has 6 nitrogen and oxygen atoms in total. The van der Waals surface area contributed by atoms with Gasteiger partial charge in [0.05, 0.1) is 12.6 Å². The number of aromatic carboxylic acids is 1. The van der Waals surface area contributed by atoms with E-state index in [4.69, 9.17) is 9.84 Å². The van der Waals surface area contributed by atoms with Gasteiger partial charge in [-0.25, -0.2) is 9.78 Å². The molecule has 1 aromatic carbocycles. The molecule has 0 amide bonds. The maximum atomic E-state index is 11.6. The fourth-order valence-electron chi connectivity index (χ4n) is 1.43. The van der Waals surface area contributed by atoms with Crippen molar-refractivity contribution in [1.29, 1.82) is 0 Å². The smallest absolute Gasteiger partial charge is 0.372 e. The highest BCUT2D eigenvalue weighted by atomic mass is 16.5. The minimum atomic E-state index is -1.28. The normalized spacial score (nSPS) is 10.3. The average molecular weight is 220 g/mol. The van der Waals surface area contributed by atoms with Crippen molar-refractivity contribution in [3.05, 3.63) is 34.4 Å². The van der Waals surface area contributed by atoms with Crippen LogP contribution in [0.5, 0.6) is 5.75 Å². The summed E-state index contributed by atoms with van der Waals surface area (Å²) in [5.74, 6) is -1.30. The van der Waals surface area contributed by atoms with E-state index in [0.29, 0.717) is 11.3 Å². The third-order valence-corrected chi connectivity index (χ3v) is 2.12.